The number of hydrogen-bond acceptors (Lipinski definition) is 8. The largest absolute Gasteiger partial charge is 0.586 e. The van der Waals surface area contributed by atoms with Crippen LogP contribution >= 0.6 is 0 Å². The van der Waals surface area contributed by atoms with Crippen molar-refractivity contribution in [2.75, 3.05) is 25.1 Å². The highest BCUT2D eigenvalue weighted by molar-refractivity contribution is 6.02. The molecule has 0 bridgehead atoms. The third-order valence-corrected chi connectivity index (χ3v) is 7.81. The quantitative estimate of drug-likeness (QED) is 0.152. The van der Waals surface area contributed by atoms with Crippen molar-refractivity contribution in [1.29, 1.82) is 0 Å². The van der Waals surface area contributed by atoms with Gasteiger partial charge in [-0.25, -0.2) is 4.39 Å². The van der Waals surface area contributed by atoms with Crippen molar-refractivity contribution >= 4 is 22.5 Å². The van der Waals surface area contributed by atoms with Crippen LogP contribution in [0, 0.1) is 5.82 Å². The van der Waals surface area contributed by atoms with Gasteiger partial charge >= 0.3 is 6.29 Å². The molecule has 1 amide bonds. The van der Waals surface area contributed by atoms with Crippen LogP contribution in [-0.2, 0) is 26.9 Å². The Morgan fingerprint density at radius 1 is 1.14 bits per heavy atom. The lowest BCUT2D eigenvalue weighted by atomic mass is 9.85. The van der Waals surface area contributed by atoms with E-state index < -0.39 is 47.8 Å². The molecule has 1 saturated carbocycles. The van der Waals surface area contributed by atoms with Crippen LogP contribution in [0.25, 0.3) is 10.9 Å². The van der Waals surface area contributed by atoms with E-state index in [2.05, 4.69) is 14.8 Å². The van der Waals surface area contributed by atoms with Gasteiger partial charge in [0.05, 0.1) is 42.5 Å². The van der Waals surface area contributed by atoms with Gasteiger partial charge in [0.25, 0.3) is 0 Å². The Hall–Kier alpha value is -3.36. The lowest BCUT2D eigenvalue weighted by Crippen LogP contribution is -2.28. The molecule has 42 heavy (non-hydrogen) atoms. The molecule has 1 aliphatic carbocycles. The lowest BCUT2D eigenvalue weighted by molar-refractivity contribution is -0.286. The number of nitrogens with one attached hydrogen (secondary N) is 1. The summed E-state index contributed by atoms with van der Waals surface area (Å²) in [5.41, 5.74) is -0.101. The average Bonchev–Trinajstić information content (AvgIpc) is 3.57. The van der Waals surface area contributed by atoms with E-state index in [9.17, 15) is 23.8 Å². The van der Waals surface area contributed by atoms with Crippen LogP contribution in [0.4, 0.5) is 18.9 Å². The number of amides is 1. The Labute approximate surface area is 246 Å². The number of anilines is 1. The minimum Gasteiger partial charge on any atom is -0.395 e. The highest BCUT2D eigenvalue weighted by Crippen LogP contribution is 2.52. The molecule has 5 N–H and O–H groups in total. The number of benzene rings is 2. The molecular weight excluding hydrogens is 561 g/mol. The van der Waals surface area contributed by atoms with E-state index in [0.717, 1.165) is 0 Å². The van der Waals surface area contributed by atoms with E-state index in [1.807, 2.05) is 13.8 Å². The summed E-state index contributed by atoms with van der Waals surface area (Å²) >= 11 is 0. The number of halogens is 3. The first-order chi connectivity index (χ1) is 19.7. The van der Waals surface area contributed by atoms with Crippen molar-refractivity contribution in [3.05, 3.63) is 53.5 Å². The fourth-order valence-corrected chi connectivity index (χ4v) is 5.31. The van der Waals surface area contributed by atoms with Crippen molar-refractivity contribution in [3.63, 3.8) is 0 Å². The number of aliphatic hydroxyl groups is 4. The first kappa shape index (κ1) is 30.1. The number of carbonyl (C=O) groups excluding carboxylic acids is 1. The SMILES string of the molecule is CC(C)(CCOCC(O)O)c1cc2cc(NC(=O)C3(c4ccc5c(c4)OC(F)(F)O5)CC3)c(F)cc2n1C[C@@H](O)CO.[HH].[HH].[HH].[HH].[HH]. The van der Waals surface area contributed by atoms with Crippen molar-refractivity contribution in [3.8, 4) is 11.5 Å². The van der Waals surface area contributed by atoms with Gasteiger partial charge in [0.2, 0.25) is 5.91 Å². The molecule has 3 aromatic rings. The smallest absolute Gasteiger partial charge is 0.395 e. The molecule has 1 fully saturated rings. The van der Waals surface area contributed by atoms with E-state index in [-0.39, 0.29) is 44.1 Å². The normalized spacial score (nSPS) is 17.6. The average molecular weight is 605 g/mol. The van der Waals surface area contributed by atoms with Crippen LogP contribution in [0.5, 0.6) is 11.5 Å². The van der Waals surface area contributed by atoms with Gasteiger partial charge in [-0.15, -0.1) is 8.78 Å². The highest BCUT2D eigenvalue weighted by Gasteiger charge is 2.53. The van der Waals surface area contributed by atoms with Gasteiger partial charge in [0.15, 0.2) is 17.8 Å². The summed E-state index contributed by atoms with van der Waals surface area (Å²) < 4.78 is 58.4. The Morgan fingerprint density at radius 2 is 1.86 bits per heavy atom. The minimum atomic E-state index is -3.79. The highest BCUT2D eigenvalue weighted by atomic mass is 19.3. The van der Waals surface area contributed by atoms with E-state index in [1.54, 1.807) is 10.6 Å². The molecule has 1 aliphatic heterocycles. The van der Waals surface area contributed by atoms with Crippen molar-refractivity contribution in [2.24, 2.45) is 0 Å². The molecule has 13 heteroatoms. The molecule has 238 valence electrons. The lowest BCUT2D eigenvalue weighted by Gasteiger charge is -2.28. The third-order valence-electron chi connectivity index (χ3n) is 7.81. The van der Waals surface area contributed by atoms with Crippen LogP contribution in [0.2, 0.25) is 0 Å². The number of hydrogen-bond donors (Lipinski definition) is 5. The molecule has 2 aliphatic rings. The Kier molecular flexibility index (Phi) is 7.92. The summed E-state index contributed by atoms with van der Waals surface area (Å²) in [5.74, 6) is -1.53. The zero-order valence-electron chi connectivity index (χ0n) is 23.1. The fourth-order valence-electron chi connectivity index (χ4n) is 5.31. The molecule has 1 aromatic heterocycles. The second-order valence-electron chi connectivity index (χ2n) is 11.4. The van der Waals surface area contributed by atoms with Gasteiger partial charge in [-0.1, -0.05) is 19.9 Å². The van der Waals surface area contributed by atoms with Crippen LogP contribution in [0.1, 0.15) is 51.5 Å². The molecule has 0 unspecified atom stereocenters. The molecule has 0 saturated heterocycles. The summed E-state index contributed by atoms with van der Waals surface area (Å²) in [7, 11) is 0. The van der Waals surface area contributed by atoms with Crippen LogP contribution in [-0.4, -0.2) is 69.4 Å². The predicted octanol–water partition coefficient (Wildman–Crippen LogP) is 4.35. The summed E-state index contributed by atoms with van der Waals surface area (Å²) in [4.78, 5) is 13.4. The van der Waals surface area contributed by atoms with Gasteiger partial charge in [0, 0.05) is 36.3 Å². The zero-order chi connectivity index (χ0) is 30.4. The molecule has 10 nitrogen and oxygen atoms in total. The molecule has 1 atom stereocenters. The van der Waals surface area contributed by atoms with Crippen LogP contribution in [0.15, 0.2) is 36.4 Å². The number of aromatic nitrogens is 1. The molecule has 0 radical (unpaired) electrons. The predicted molar refractivity (Wildman–Crippen MR) is 154 cm³/mol. The minimum absolute atomic E-state index is 0. The van der Waals surface area contributed by atoms with Gasteiger partial charge in [-0.3, -0.25) is 4.79 Å². The molecule has 0 spiro atoms. The number of rotatable bonds is 12. The first-order valence-electron chi connectivity index (χ1n) is 13.5. The van der Waals surface area contributed by atoms with E-state index >= 15 is 4.39 Å². The van der Waals surface area contributed by atoms with E-state index in [4.69, 9.17) is 14.9 Å². The van der Waals surface area contributed by atoms with Crippen LogP contribution in [0.3, 0.4) is 0 Å². The second kappa shape index (κ2) is 11.0. The first-order valence-corrected chi connectivity index (χ1v) is 13.5. The van der Waals surface area contributed by atoms with Crippen LogP contribution < -0.4 is 14.8 Å². The van der Waals surface area contributed by atoms with Gasteiger partial charge < -0.3 is 44.5 Å². The molecule has 2 heterocycles. The Morgan fingerprint density at radius 3 is 2.52 bits per heavy atom. The van der Waals surface area contributed by atoms with Crippen molar-refractivity contribution in [1.82, 2.24) is 4.57 Å². The molecular formula is C29H43F3N2O8. The molecule has 2 aromatic carbocycles. The molecule has 5 rings (SSSR count). The Bertz CT molecular complexity index is 1510. The Balaban J connectivity index is 0.00000423. The summed E-state index contributed by atoms with van der Waals surface area (Å²) in [6.07, 6.45) is -5.19. The number of carbonyl (C=O) groups is 1. The third kappa shape index (κ3) is 5.92. The summed E-state index contributed by atoms with van der Waals surface area (Å²) in [5, 5.41) is 41.0. The maximum atomic E-state index is 15.5. The monoisotopic (exact) mass is 604 g/mol. The maximum Gasteiger partial charge on any atom is 0.586 e. The zero-order valence-corrected chi connectivity index (χ0v) is 23.1. The van der Waals surface area contributed by atoms with E-state index in [1.165, 1.54) is 30.3 Å². The number of ether oxygens (including phenoxy) is 3. The topological polar surface area (TPSA) is 143 Å². The summed E-state index contributed by atoms with van der Waals surface area (Å²) in [6.45, 7) is 3.25. The summed E-state index contributed by atoms with van der Waals surface area (Å²) in [6, 6.07) is 8.71. The second-order valence-corrected chi connectivity index (χ2v) is 11.4. The number of fused-ring (bicyclic) bond motifs is 2. The van der Waals surface area contributed by atoms with Crippen molar-refractivity contribution in [2.45, 2.75) is 69.2 Å². The number of alkyl halides is 2. The number of nitrogens with zero attached hydrogens (tertiary/aromatic N) is 1. The van der Waals surface area contributed by atoms with E-state index in [0.29, 0.717) is 41.4 Å². The van der Waals surface area contributed by atoms with Crippen molar-refractivity contribution < 1.29 is 59.7 Å². The van der Waals surface area contributed by atoms with Gasteiger partial charge in [-0.05, 0) is 49.1 Å². The van der Waals surface area contributed by atoms with Gasteiger partial charge in [-0.2, -0.15) is 0 Å². The standard InChI is InChI=1S/C29H33F3N2O8.5H2/c1-27(2,7-8-40-15-25(37)38)24-10-16-9-20(19(30)12-21(16)34(24)13-18(36)14-35)33-26(39)28(5-6-28)17-3-4-22-23(11-17)42-29(31,32)41-22;;;;;/h3-4,9-12,18,25,35-38H,5-8,13-15H2,1-2H3,(H,33,39);5*1H/t18-;;;;;/m1...../s1. The van der Waals surface area contributed by atoms with Gasteiger partial charge in [0.1, 0.15) is 5.82 Å². The fraction of sp³-hybridized carbons (Fsp3) is 0.483. The maximum absolute atomic E-state index is 15.5. The number of aliphatic hydroxyl groups excluding tert-OH is 3.